The average molecular weight is 543 g/mol. The third-order valence-corrected chi connectivity index (χ3v) is 8.07. The van der Waals surface area contributed by atoms with E-state index in [0.717, 1.165) is 30.0 Å². The van der Waals surface area contributed by atoms with Crippen molar-refractivity contribution in [2.45, 2.75) is 22.1 Å². The van der Waals surface area contributed by atoms with Crippen LogP contribution in [0.5, 0.6) is 11.6 Å². The van der Waals surface area contributed by atoms with Crippen LogP contribution in [-0.2, 0) is 15.1 Å². The quantitative estimate of drug-likeness (QED) is 0.287. The molecule has 1 aliphatic rings. The van der Waals surface area contributed by atoms with Gasteiger partial charge in [-0.1, -0.05) is 29.8 Å². The molecule has 5 nitrogen and oxygen atoms in total. The van der Waals surface area contributed by atoms with Crippen molar-refractivity contribution >= 4 is 46.4 Å². The molecule has 2 aromatic heterocycles. The van der Waals surface area contributed by atoms with Crippen LogP contribution in [-0.4, -0.2) is 21.9 Å². The fraction of sp³-hybridized carbons (Fsp3) is 0.115. The zero-order valence-corrected chi connectivity index (χ0v) is 20.8. The highest BCUT2D eigenvalue weighted by Crippen LogP contribution is 2.41. The first-order valence-corrected chi connectivity index (χ1v) is 12.9. The number of pyridine rings is 1. The van der Waals surface area contributed by atoms with Crippen LogP contribution in [0.15, 0.2) is 82.4 Å². The van der Waals surface area contributed by atoms with Gasteiger partial charge in [0.2, 0.25) is 11.8 Å². The van der Waals surface area contributed by atoms with E-state index in [-0.39, 0.29) is 23.8 Å². The summed E-state index contributed by atoms with van der Waals surface area (Å²) in [7, 11) is 0. The molecule has 0 spiro atoms. The minimum atomic E-state index is -1.24. The number of ether oxygens (including phenoxy) is 1. The molecule has 4 aromatic rings. The lowest BCUT2D eigenvalue weighted by molar-refractivity contribution is -0.133. The van der Waals surface area contributed by atoms with Crippen LogP contribution in [0, 0.1) is 11.6 Å². The molecule has 2 aromatic carbocycles. The number of piperidine rings is 1. The van der Waals surface area contributed by atoms with Crippen molar-refractivity contribution in [1.29, 1.82) is 0 Å². The Morgan fingerprint density at radius 1 is 1.06 bits per heavy atom. The number of halogens is 3. The van der Waals surface area contributed by atoms with Crippen LogP contribution >= 0.6 is 34.7 Å². The third kappa shape index (κ3) is 4.86. The Kier molecular flexibility index (Phi) is 6.79. The van der Waals surface area contributed by atoms with Crippen molar-refractivity contribution in [3.8, 4) is 11.6 Å². The molecule has 5 rings (SSSR count). The standard InChI is InChI=1S/C26H17ClF2N2O3S2/c27-19-4-1-2-5-21(19)36-24-20(32)13-26(31-25(24)33,15-8-9-35-14-15)22-6-3-7-23(30-22)34-18-11-16(28)10-17(29)12-18/h1-12,14,24H,13H2,(H,31,33). The second kappa shape index (κ2) is 10.0. The lowest BCUT2D eigenvalue weighted by Crippen LogP contribution is -2.58. The summed E-state index contributed by atoms with van der Waals surface area (Å²) in [6, 6.07) is 16.5. The van der Waals surface area contributed by atoms with E-state index in [2.05, 4.69) is 10.3 Å². The fourth-order valence-electron chi connectivity index (χ4n) is 4.01. The summed E-state index contributed by atoms with van der Waals surface area (Å²) in [4.78, 5) is 31.9. The molecule has 2 atom stereocenters. The van der Waals surface area contributed by atoms with Gasteiger partial charge in [-0.15, -0.1) is 11.8 Å². The van der Waals surface area contributed by atoms with E-state index in [1.54, 1.807) is 36.4 Å². The largest absolute Gasteiger partial charge is 0.439 e. The number of ketones is 1. The van der Waals surface area contributed by atoms with Crippen LogP contribution in [0.3, 0.4) is 0 Å². The zero-order chi connectivity index (χ0) is 25.3. The topological polar surface area (TPSA) is 68.3 Å². The van der Waals surface area contributed by atoms with Gasteiger partial charge in [0, 0.05) is 35.6 Å². The lowest BCUT2D eigenvalue weighted by atomic mass is 9.79. The maximum absolute atomic E-state index is 13.6. The highest BCUT2D eigenvalue weighted by Gasteiger charge is 2.48. The van der Waals surface area contributed by atoms with Crippen molar-refractivity contribution in [3.63, 3.8) is 0 Å². The molecule has 1 amide bonds. The number of nitrogens with one attached hydrogen (secondary N) is 1. The van der Waals surface area contributed by atoms with Crippen molar-refractivity contribution in [1.82, 2.24) is 10.3 Å². The molecule has 3 heterocycles. The molecular formula is C26H17ClF2N2O3S2. The number of hydrogen-bond acceptors (Lipinski definition) is 6. The first-order chi connectivity index (χ1) is 17.3. The van der Waals surface area contributed by atoms with Gasteiger partial charge in [0.1, 0.15) is 28.2 Å². The van der Waals surface area contributed by atoms with Crippen molar-refractivity contribution in [2.75, 3.05) is 0 Å². The number of aromatic nitrogens is 1. The molecule has 36 heavy (non-hydrogen) atoms. The van der Waals surface area contributed by atoms with Crippen LogP contribution in [0.1, 0.15) is 17.7 Å². The van der Waals surface area contributed by atoms with Crippen molar-refractivity contribution in [2.24, 2.45) is 0 Å². The molecule has 2 unspecified atom stereocenters. The summed E-state index contributed by atoms with van der Waals surface area (Å²) in [5.41, 5.74) is -0.187. The first kappa shape index (κ1) is 24.4. The number of nitrogens with zero attached hydrogens (tertiary/aromatic N) is 1. The van der Waals surface area contributed by atoms with E-state index in [0.29, 0.717) is 21.2 Å². The molecule has 1 saturated heterocycles. The molecule has 0 radical (unpaired) electrons. The van der Waals surface area contributed by atoms with Gasteiger partial charge in [0.15, 0.2) is 5.78 Å². The van der Waals surface area contributed by atoms with E-state index in [1.807, 2.05) is 16.8 Å². The summed E-state index contributed by atoms with van der Waals surface area (Å²) < 4.78 is 32.8. The molecule has 10 heteroatoms. The fourth-order valence-corrected chi connectivity index (χ4v) is 5.98. The summed E-state index contributed by atoms with van der Waals surface area (Å²) in [6.45, 7) is 0. The second-order valence-electron chi connectivity index (χ2n) is 8.05. The molecular weight excluding hydrogens is 526 g/mol. The van der Waals surface area contributed by atoms with Gasteiger partial charge in [-0.2, -0.15) is 11.3 Å². The number of carbonyl (C=O) groups excluding carboxylic acids is 2. The molecule has 0 aliphatic carbocycles. The van der Waals surface area contributed by atoms with E-state index >= 15 is 0 Å². The summed E-state index contributed by atoms with van der Waals surface area (Å²) in [5, 5.41) is 6.18. The Bertz CT molecular complexity index is 1410. The van der Waals surface area contributed by atoms with Gasteiger partial charge >= 0.3 is 0 Å². The normalized spacial score (nSPS) is 19.7. The van der Waals surface area contributed by atoms with Crippen LogP contribution in [0.4, 0.5) is 8.78 Å². The lowest BCUT2D eigenvalue weighted by Gasteiger charge is -2.39. The number of rotatable bonds is 6. The number of benzene rings is 2. The maximum Gasteiger partial charge on any atom is 0.242 e. The Balaban J connectivity index is 1.49. The van der Waals surface area contributed by atoms with Gasteiger partial charge in [-0.25, -0.2) is 13.8 Å². The van der Waals surface area contributed by atoms with E-state index in [1.165, 1.54) is 17.4 Å². The molecule has 0 saturated carbocycles. The molecule has 1 fully saturated rings. The first-order valence-electron chi connectivity index (χ1n) is 10.7. The number of amides is 1. The molecule has 1 N–H and O–H groups in total. The number of carbonyl (C=O) groups is 2. The minimum Gasteiger partial charge on any atom is -0.439 e. The van der Waals surface area contributed by atoms with Crippen LogP contribution in [0.25, 0.3) is 0 Å². The van der Waals surface area contributed by atoms with Gasteiger partial charge < -0.3 is 10.1 Å². The number of Topliss-reactive ketones (excluding diaryl/α,β-unsaturated/α-hetero) is 1. The third-order valence-electron chi connectivity index (χ3n) is 5.62. The zero-order valence-electron chi connectivity index (χ0n) is 18.4. The van der Waals surface area contributed by atoms with Gasteiger partial charge in [-0.05, 0) is 40.6 Å². The molecule has 182 valence electrons. The van der Waals surface area contributed by atoms with Gasteiger partial charge in [-0.3, -0.25) is 9.59 Å². The minimum absolute atomic E-state index is 0.0529. The SMILES string of the molecule is O=C1CC(c2ccsc2)(c2cccc(Oc3cc(F)cc(F)c3)n2)NC(=O)C1Sc1ccccc1Cl. The predicted octanol–water partition coefficient (Wildman–Crippen LogP) is 6.36. The number of thiophene rings is 1. The average Bonchev–Trinajstić information content (AvgIpc) is 3.38. The summed E-state index contributed by atoms with van der Waals surface area (Å²) in [6.07, 6.45) is -0.0529. The van der Waals surface area contributed by atoms with Crippen LogP contribution < -0.4 is 10.1 Å². The Morgan fingerprint density at radius 3 is 2.53 bits per heavy atom. The predicted molar refractivity (Wildman–Crippen MR) is 135 cm³/mol. The molecule has 1 aliphatic heterocycles. The smallest absolute Gasteiger partial charge is 0.242 e. The molecule has 0 bridgehead atoms. The monoisotopic (exact) mass is 542 g/mol. The van der Waals surface area contributed by atoms with Gasteiger partial charge in [0.05, 0.1) is 10.7 Å². The second-order valence-corrected chi connectivity index (χ2v) is 10.4. The highest BCUT2D eigenvalue weighted by atomic mass is 35.5. The van der Waals surface area contributed by atoms with Crippen molar-refractivity contribution < 1.29 is 23.1 Å². The van der Waals surface area contributed by atoms with Crippen LogP contribution in [0.2, 0.25) is 5.02 Å². The van der Waals surface area contributed by atoms with Crippen molar-refractivity contribution in [3.05, 3.63) is 105 Å². The van der Waals surface area contributed by atoms with E-state index < -0.39 is 28.3 Å². The maximum atomic E-state index is 13.6. The number of thioether (sulfide) groups is 1. The van der Waals surface area contributed by atoms with E-state index in [4.69, 9.17) is 16.3 Å². The van der Waals surface area contributed by atoms with E-state index in [9.17, 15) is 18.4 Å². The number of hydrogen-bond donors (Lipinski definition) is 1. The Morgan fingerprint density at radius 2 is 1.83 bits per heavy atom. The summed E-state index contributed by atoms with van der Waals surface area (Å²) >= 11 is 8.76. The Hall–Kier alpha value is -3.27. The highest BCUT2D eigenvalue weighted by molar-refractivity contribution is 8.01. The summed E-state index contributed by atoms with van der Waals surface area (Å²) in [5.74, 6) is -2.34. The van der Waals surface area contributed by atoms with Gasteiger partial charge in [0.25, 0.3) is 0 Å². The Labute approximate surface area is 218 Å².